The number of allylic oxidation sites excluding steroid dienone is 1. The van der Waals surface area contributed by atoms with Crippen LogP contribution in [0.15, 0.2) is 48.7 Å². The molecule has 0 radical (unpaired) electrons. The van der Waals surface area contributed by atoms with E-state index in [0.717, 1.165) is 35.4 Å². The van der Waals surface area contributed by atoms with Gasteiger partial charge in [0, 0.05) is 18.3 Å². The van der Waals surface area contributed by atoms with Crippen LogP contribution in [0.2, 0.25) is 0 Å². The van der Waals surface area contributed by atoms with Crippen molar-refractivity contribution in [2.75, 3.05) is 0 Å². The molecule has 1 aromatic carbocycles. The van der Waals surface area contributed by atoms with Crippen LogP contribution in [0, 0.1) is 13.8 Å². The maximum Gasteiger partial charge on any atom is 0.129 e. The highest BCUT2D eigenvalue weighted by Gasteiger charge is 1.95. The molecule has 1 fully saturated rings. The molecule has 0 saturated heterocycles. The van der Waals surface area contributed by atoms with Crippen LogP contribution in [0.4, 0.5) is 0 Å². The van der Waals surface area contributed by atoms with Crippen LogP contribution >= 0.6 is 0 Å². The summed E-state index contributed by atoms with van der Waals surface area (Å²) in [5.74, 6) is 0.318. The molecular formula is C38H65NO. The average molecular weight is 552 g/mol. The summed E-state index contributed by atoms with van der Waals surface area (Å²) in [6.45, 7) is 27.7. The van der Waals surface area contributed by atoms with Crippen molar-refractivity contribution in [3.63, 3.8) is 0 Å². The molecular weight excluding hydrogens is 486 g/mol. The topological polar surface area (TPSA) is 30.0 Å². The summed E-state index contributed by atoms with van der Waals surface area (Å²) in [6.07, 6.45) is 19.5. The minimum atomic E-state index is 0.318. The molecule has 0 bridgehead atoms. The van der Waals surface area contributed by atoms with Crippen molar-refractivity contribution in [2.24, 2.45) is 0 Å². The minimum absolute atomic E-state index is 0.318. The number of pyridine rings is 1. The number of unbranched alkanes of at least 4 members (excludes halogenated alkanes) is 2. The zero-order valence-corrected chi connectivity index (χ0v) is 28.3. The molecule has 0 amide bonds. The third-order valence-electron chi connectivity index (χ3n) is 5.84. The Morgan fingerprint density at radius 3 is 1.65 bits per heavy atom. The Labute approximate surface area is 250 Å². The van der Waals surface area contributed by atoms with Crippen molar-refractivity contribution in [3.8, 4) is 0 Å². The van der Waals surface area contributed by atoms with Gasteiger partial charge in [-0.05, 0) is 82.0 Å². The molecule has 0 atom stereocenters. The van der Waals surface area contributed by atoms with E-state index in [1.54, 1.807) is 13.1 Å². The number of benzene rings is 1. The van der Waals surface area contributed by atoms with Crippen molar-refractivity contribution in [2.45, 2.75) is 146 Å². The SMILES string of the molecule is C1CCCCC1.C=C(C)C.C=c1ccnc(C)/c1=C/C.CCC.CCCCCC(C)=O.CCc1ccccc1C. The first-order chi connectivity index (χ1) is 19.0. The number of rotatable bonds is 5. The molecule has 0 aliphatic heterocycles. The van der Waals surface area contributed by atoms with Crippen molar-refractivity contribution < 1.29 is 4.79 Å². The van der Waals surface area contributed by atoms with E-state index in [2.05, 4.69) is 77.0 Å². The number of aryl methyl sites for hydroxylation is 3. The Bertz CT molecular complexity index is 954. The normalized spacial score (nSPS) is 11.7. The monoisotopic (exact) mass is 552 g/mol. The van der Waals surface area contributed by atoms with E-state index in [1.165, 1.54) is 74.5 Å². The number of ketones is 1. The molecule has 1 aliphatic rings. The quantitative estimate of drug-likeness (QED) is 0.273. The summed E-state index contributed by atoms with van der Waals surface area (Å²) >= 11 is 0. The molecule has 0 spiro atoms. The van der Waals surface area contributed by atoms with Gasteiger partial charge in [-0.25, -0.2) is 0 Å². The largest absolute Gasteiger partial charge is 0.300 e. The van der Waals surface area contributed by atoms with E-state index < -0.39 is 0 Å². The van der Waals surface area contributed by atoms with E-state index >= 15 is 0 Å². The molecule has 1 aliphatic carbocycles. The second-order valence-corrected chi connectivity index (χ2v) is 10.7. The Morgan fingerprint density at radius 2 is 1.35 bits per heavy atom. The third kappa shape index (κ3) is 30.1. The lowest BCUT2D eigenvalue weighted by atomic mass is 10.0. The van der Waals surface area contributed by atoms with Gasteiger partial charge in [0.1, 0.15) is 5.78 Å². The highest BCUT2D eigenvalue weighted by Crippen LogP contribution is 2.15. The van der Waals surface area contributed by atoms with Gasteiger partial charge in [-0.1, -0.05) is 128 Å². The number of hydrogen-bond donors (Lipinski definition) is 0. The van der Waals surface area contributed by atoms with Gasteiger partial charge < -0.3 is 4.79 Å². The summed E-state index contributed by atoms with van der Waals surface area (Å²) < 4.78 is 0. The number of carbonyl (C=O) groups is 1. The average Bonchev–Trinajstić information content (AvgIpc) is 2.91. The Morgan fingerprint density at radius 1 is 0.875 bits per heavy atom. The minimum Gasteiger partial charge on any atom is -0.300 e. The number of nitrogens with zero attached hydrogens (tertiary/aromatic N) is 1. The number of aromatic nitrogens is 1. The molecule has 2 heteroatoms. The second-order valence-electron chi connectivity index (χ2n) is 10.7. The van der Waals surface area contributed by atoms with Crippen LogP contribution in [0.3, 0.4) is 0 Å². The summed E-state index contributed by atoms with van der Waals surface area (Å²) in [5.41, 5.74) is 5.08. The van der Waals surface area contributed by atoms with Crippen molar-refractivity contribution in [1.29, 1.82) is 0 Å². The first-order valence-corrected chi connectivity index (χ1v) is 15.7. The van der Waals surface area contributed by atoms with Gasteiger partial charge in [-0.2, -0.15) is 0 Å². The van der Waals surface area contributed by atoms with Gasteiger partial charge in [0.2, 0.25) is 0 Å². The summed E-state index contributed by atoms with van der Waals surface area (Å²) in [6, 6.07) is 10.4. The third-order valence-corrected chi connectivity index (χ3v) is 5.84. The van der Waals surface area contributed by atoms with Crippen LogP contribution in [-0.4, -0.2) is 10.8 Å². The van der Waals surface area contributed by atoms with Crippen LogP contribution in [0.5, 0.6) is 0 Å². The van der Waals surface area contributed by atoms with E-state index in [4.69, 9.17) is 0 Å². The summed E-state index contributed by atoms with van der Waals surface area (Å²) in [5, 5.41) is 2.21. The van der Waals surface area contributed by atoms with Crippen LogP contribution in [0.1, 0.15) is 143 Å². The van der Waals surface area contributed by atoms with Gasteiger partial charge in [-0.3, -0.25) is 4.98 Å². The summed E-state index contributed by atoms with van der Waals surface area (Å²) in [4.78, 5) is 14.5. The first kappa shape index (κ1) is 42.0. The maximum absolute atomic E-state index is 10.3. The zero-order chi connectivity index (χ0) is 31.2. The number of hydrogen-bond acceptors (Lipinski definition) is 2. The standard InChI is InChI=1S/C9H11N.C9H12.C7H14O.C6H12.C4H8.C3H8/c1-4-9-7(2)5-6-10-8(9)3;1-3-9-7-5-4-6-8(9)2;1-3-4-5-6-7(2)8;1-2-4-6-5-3-1;1-4(2)3;1-3-2/h4-6H,2H2,1,3H3;4-7H,3H2,1-2H3;3-6H2,1-2H3;1-6H2;1H2,2-3H3;3H2,1-2H3/b9-4+;;;;;. The Hall–Kier alpha value is -2.48. The Kier molecular flexibility index (Phi) is 32.6. The number of Topliss-reactive ketones (excluding diaryl/α,β-unsaturated/α-hetero) is 1. The number of carbonyl (C=O) groups excluding carboxylic acids is 1. The highest BCUT2D eigenvalue weighted by atomic mass is 16.1. The van der Waals surface area contributed by atoms with Gasteiger partial charge in [0.05, 0.1) is 0 Å². The van der Waals surface area contributed by atoms with Crippen LogP contribution in [0.25, 0.3) is 12.7 Å². The van der Waals surface area contributed by atoms with E-state index in [1.807, 2.05) is 39.8 Å². The molecule has 1 saturated carbocycles. The van der Waals surface area contributed by atoms with Gasteiger partial charge in [0.15, 0.2) is 0 Å². The molecule has 2 aromatic rings. The van der Waals surface area contributed by atoms with E-state index in [-0.39, 0.29) is 0 Å². The Balaban J connectivity index is -0.000000428. The van der Waals surface area contributed by atoms with Gasteiger partial charge >= 0.3 is 0 Å². The lowest BCUT2D eigenvalue weighted by molar-refractivity contribution is -0.117. The predicted molar refractivity (Wildman–Crippen MR) is 183 cm³/mol. The summed E-state index contributed by atoms with van der Waals surface area (Å²) in [7, 11) is 0. The van der Waals surface area contributed by atoms with Crippen molar-refractivity contribution in [1.82, 2.24) is 4.98 Å². The molecule has 228 valence electrons. The smallest absolute Gasteiger partial charge is 0.129 e. The fourth-order valence-corrected chi connectivity index (χ4v) is 3.72. The van der Waals surface area contributed by atoms with Gasteiger partial charge in [-0.15, -0.1) is 6.58 Å². The molecule has 0 unspecified atom stereocenters. The van der Waals surface area contributed by atoms with Crippen LogP contribution < -0.4 is 10.4 Å². The predicted octanol–water partition coefficient (Wildman–Crippen LogP) is 10.7. The molecule has 3 rings (SSSR count). The highest BCUT2D eigenvalue weighted by molar-refractivity contribution is 5.75. The lowest BCUT2D eigenvalue weighted by Gasteiger charge is -2.05. The zero-order valence-electron chi connectivity index (χ0n) is 28.3. The first-order valence-electron chi connectivity index (χ1n) is 15.7. The lowest BCUT2D eigenvalue weighted by Crippen LogP contribution is -2.26. The fourth-order valence-electron chi connectivity index (χ4n) is 3.72. The molecule has 40 heavy (non-hydrogen) atoms. The molecule has 2 nitrogen and oxygen atoms in total. The van der Waals surface area contributed by atoms with E-state index in [9.17, 15) is 4.79 Å². The maximum atomic E-state index is 10.3. The van der Waals surface area contributed by atoms with Crippen molar-refractivity contribution >= 4 is 18.4 Å². The molecule has 1 aromatic heterocycles. The van der Waals surface area contributed by atoms with E-state index in [0.29, 0.717) is 5.78 Å². The van der Waals surface area contributed by atoms with Crippen molar-refractivity contribution in [3.05, 3.63) is 75.9 Å². The van der Waals surface area contributed by atoms with Gasteiger partial charge in [0.25, 0.3) is 0 Å². The van der Waals surface area contributed by atoms with Crippen LogP contribution in [-0.2, 0) is 11.2 Å². The molecule has 0 N–H and O–H groups in total. The fraction of sp³-hybridized carbons (Fsp3) is 0.579. The second kappa shape index (κ2) is 31.1. The molecule has 1 heterocycles.